The Bertz CT molecular complexity index is 809. The first kappa shape index (κ1) is 15.1. The van der Waals surface area contributed by atoms with E-state index in [0.717, 1.165) is 27.9 Å². The fraction of sp³-hybridized carbons (Fsp3) is 0.222. The maximum atomic E-state index is 12.2. The van der Waals surface area contributed by atoms with Gasteiger partial charge in [-0.15, -0.1) is 0 Å². The number of nitrogens with zero attached hydrogens (tertiary/aromatic N) is 1. The Hall–Kier alpha value is -2.82. The van der Waals surface area contributed by atoms with Crippen molar-refractivity contribution < 1.29 is 9.53 Å². The number of carbonyl (C=O) groups is 1. The number of aromatic amines is 1. The number of imidazole rings is 1. The van der Waals surface area contributed by atoms with E-state index in [0.29, 0.717) is 6.42 Å². The van der Waals surface area contributed by atoms with Gasteiger partial charge in [-0.2, -0.15) is 0 Å². The Kier molecular flexibility index (Phi) is 4.28. The first-order valence-electron chi connectivity index (χ1n) is 7.51. The van der Waals surface area contributed by atoms with Crippen LogP contribution in [-0.2, 0) is 11.2 Å². The van der Waals surface area contributed by atoms with Gasteiger partial charge in [0, 0.05) is 0 Å². The quantitative estimate of drug-likeness (QED) is 0.761. The van der Waals surface area contributed by atoms with Crippen LogP contribution in [0, 0.1) is 0 Å². The lowest BCUT2D eigenvalue weighted by atomic mass is 10.1. The lowest BCUT2D eigenvalue weighted by Crippen LogP contribution is -2.28. The van der Waals surface area contributed by atoms with Crippen LogP contribution >= 0.6 is 0 Å². The fourth-order valence-electron chi connectivity index (χ4n) is 2.55. The predicted molar refractivity (Wildman–Crippen MR) is 89.3 cm³/mol. The summed E-state index contributed by atoms with van der Waals surface area (Å²) in [4.78, 5) is 19.5. The summed E-state index contributed by atoms with van der Waals surface area (Å²) in [5.74, 6) is 0.798. The highest BCUT2D eigenvalue weighted by molar-refractivity contribution is 5.81. The molecular weight excluding hydrogens is 290 g/mol. The van der Waals surface area contributed by atoms with Crippen molar-refractivity contribution in [1.82, 2.24) is 15.3 Å². The molecule has 1 aromatic heterocycles. The van der Waals surface area contributed by atoms with Crippen molar-refractivity contribution in [1.29, 1.82) is 0 Å². The van der Waals surface area contributed by atoms with Crippen LogP contribution in [0.1, 0.15) is 24.1 Å². The molecule has 0 saturated carbocycles. The minimum atomic E-state index is -0.0516. The Morgan fingerprint density at radius 2 is 2.04 bits per heavy atom. The Morgan fingerprint density at radius 1 is 1.26 bits per heavy atom. The van der Waals surface area contributed by atoms with Crippen molar-refractivity contribution in [3.05, 3.63) is 59.9 Å². The largest absolute Gasteiger partial charge is 0.497 e. The molecule has 0 fully saturated rings. The van der Waals surface area contributed by atoms with Gasteiger partial charge in [0.2, 0.25) is 5.91 Å². The molecule has 3 aromatic rings. The molecule has 0 aliphatic rings. The summed E-state index contributed by atoms with van der Waals surface area (Å²) in [7, 11) is 1.64. The van der Waals surface area contributed by atoms with Crippen LogP contribution in [0.25, 0.3) is 11.0 Å². The Balaban J connectivity index is 1.63. The number of benzene rings is 2. The van der Waals surface area contributed by atoms with E-state index in [9.17, 15) is 4.79 Å². The van der Waals surface area contributed by atoms with Crippen molar-refractivity contribution in [2.45, 2.75) is 19.4 Å². The molecule has 0 spiro atoms. The summed E-state index contributed by atoms with van der Waals surface area (Å²) >= 11 is 0. The number of methoxy groups -OCH3 is 1. The van der Waals surface area contributed by atoms with Crippen LogP contribution in [0.3, 0.4) is 0 Å². The summed E-state index contributed by atoms with van der Waals surface area (Å²) in [5.41, 5.74) is 3.85. The summed E-state index contributed by atoms with van der Waals surface area (Å²) in [6.45, 7) is 1.97. The highest BCUT2D eigenvalue weighted by Crippen LogP contribution is 2.18. The second-order valence-electron chi connectivity index (χ2n) is 5.49. The number of aromatic nitrogens is 2. The first-order valence-corrected chi connectivity index (χ1v) is 7.51. The van der Waals surface area contributed by atoms with E-state index in [2.05, 4.69) is 15.3 Å². The Morgan fingerprint density at radius 3 is 2.78 bits per heavy atom. The first-order chi connectivity index (χ1) is 11.2. The molecular formula is C18H19N3O2. The van der Waals surface area contributed by atoms with Gasteiger partial charge in [-0.1, -0.05) is 18.2 Å². The highest BCUT2D eigenvalue weighted by atomic mass is 16.5. The number of fused-ring (bicyclic) bond motifs is 1. The van der Waals surface area contributed by atoms with Gasteiger partial charge in [0.05, 0.1) is 36.9 Å². The van der Waals surface area contributed by atoms with Crippen LogP contribution in [0.2, 0.25) is 0 Å². The molecule has 3 rings (SSSR count). The van der Waals surface area contributed by atoms with Gasteiger partial charge in [-0.3, -0.25) is 4.79 Å². The van der Waals surface area contributed by atoms with Crippen molar-refractivity contribution in [3.8, 4) is 5.75 Å². The lowest BCUT2D eigenvalue weighted by molar-refractivity contribution is -0.121. The molecule has 2 N–H and O–H groups in total. The van der Waals surface area contributed by atoms with E-state index in [1.54, 1.807) is 13.4 Å². The van der Waals surface area contributed by atoms with Gasteiger partial charge < -0.3 is 15.0 Å². The maximum absolute atomic E-state index is 12.2. The zero-order chi connectivity index (χ0) is 16.2. The molecule has 5 heteroatoms. The van der Waals surface area contributed by atoms with Gasteiger partial charge in [-0.05, 0) is 42.3 Å². The number of nitrogens with one attached hydrogen (secondary N) is 2. The average Bonchev–Trinajstić information content (AvgIpc) is 3.02. The van der Waals surface area contributed by atoms with Crippen molar-refractivity contribution in [3.63, 3.8) is 0 Å². The second kappa shape index (κ2) is 6.52. The Labute approximate surface area is 134 Å². The molecule has 0 aliphatic heterocycles. The molecule has 2 aromatic carbocycles. The molecule has 23 heavy (non-hydrogen) atoms. The minimum Gasteiger partial charge on any atom is -0.497 e. The number of rotatable bonds is 5. The van der Waals surface area contributed by atoms with E-state index in [-0.39, 0.29) is 11.9 Å². The maximum Gasteiger partial charge on any atom is 0.224 e. The van der Waals surface area contributed by atoms with E-state index >= 15 is 0 Å². The number of hydrogen-bond donors (Lipinski definition) is 2. The van der Waals surface area contributed by atoms with Crippen molar-refractivity contribution >= 4 is 16.9 Å². The zero-order valence-electron chi connectivity index (χ0n) is 13.2. The zero-order valence-corrected chi connectivity index (χ0v) is 13.2. The van der Waals surface area contributed by atoms with Gasteiger partial charge in [0.15, 0.2) is 0 Å². The highest BCUT2D eigenvalue weighted by Gasteiger charge is 2.11. The van der Waals surface area contributed by atoms with Gasteiger partial charge >= 0.3 is 0 Å². The fourth-order valence-corrected chi connectivity index (χ4v) is 2.55. The second-order valence-corrected chi connectivity index (χ2v) is 5.49. The summed E-state index contributed by atoms with van der Waals surface area (Å²) in [6, 6.07) is 13.5. The molecule has 0 radical (unpaired) electrons. The number of carbonyl (C=O) groups excluding carboxylic acids is 1. The van der Waals surface area contributed by atoms with E-state index in [1.165, 1.54) is 0 Å². The number of hydrogen-bond acceptors (Lipinski definition) is 3. The van der Waals surface area contributed by atoms with Crippen LogP contribution in [-0.4, -0.2) is 23.0 Å². The molecule has 0 aliphatic carbocycles. The van der Waals surface area contributed by atoms with E-state index in [4.69, 9.17) is 4.74 Å². The van der Waals surface area contributed by atoms with Crippen LogP contribution in [0.4, 0.5) is 0 Å². The number of H-pyrrole nitrogens is 1. The van der Waals surface area contributed by atoms with E-state index in [1.807, 2.05) is 49.4 Å². The number of ether oxygens (including phenoxy) is 1. The third-order valence-corrected chi connectivity index (χ3v) is 3.84. The molecule has 118 valence electrons. The van der Waals surface area contributed by atoms with Crippen LogP contribution < -0.4 is 10.1 Å². The SMILES string of the molecule is COc1ccc(C(C)NC(=O)Cc2ccc3nc[nH]c3c2)cc1. The molecule has 1 heterocycles. The molecule has 5 nitrogen and oxygen atoms in total. The molecule has 0 saturated heterocycles. The molecule has 1 amide bonds. The summed E-state index contributed by atoms with van der Waals surface area (Å²) in [5, 5.41) is 3.02. The van der Waals surface area contributed by atoms with Gasteiger partial charge in [0.25, 0.3) is 0 Å². The third kappa shape index (κ3) is 3.51. The summed E-state index contributed by atoms with van der Waals surface area (Å²) < 4.78 is 5.14. The predicted octanol–water partition coefficient (Wildman–Crippen LogP) is 2.99. The minimum absolute atomic E-state index is 0.00724. The monoisotopic (exact) mass is 309 g/mol. The normalized spacial score (nSPS) is 12.1. The third-order valence-electron chi connectivity index (χ3n) is 3.84. The average molecular weight is 309 g/mol. The smallest absolute Gasteiger partial charge is 0.224 e. The van der Waals surface area contributed by atoms with Crippen LogP contribution in [0.15, 0.2) is 48.8 Å². The standard InChI is InChI=1S/C18H19N3O2/c1-12(14-4-6-15(23-2)7-5-14)21-18(22)10-13-3-8-16-17(9-13)20-11-19-16/h3-9,11-12H,10H2,1-2H3,(H,19,20)(H,21,22). The molecule has 1 atom stereocenters. The van der Waals surface area contributed by atoms with Gasteiger partial charge in [-0.25, -0.2) is 4.98 Å². The topological polar surface area (TPSA) is 67.0 Å². The van der Waals surface area contributed by atoms with Crippen molar-refractivity contribution in [2.24, 2.45) is 0 Å². The van der Waals surface area contributed by atoms with E-state index < -0.39 is 0 Å². The summed E-state index contributed by atoms with van der Waals surface area (Å²) in [6.07, 6.45) is 2.00. The van der Waals surface area contributed by atoms with Crippen molar-refractivity contribution in [2.75, 3.05) is 7.11 Å². The molecule has 1 unspecified atom stereocenters. The van der Waals surface area contributed by atoms with Gasteiger partial charge in [0.1, 0.15) is 5.75 Å². The lowest BCUT2D eigenvalue weighted by Gasteiger charge is -2.15. The molecule has 0 bridgehead atoms. The van der Waals surface area contributed by atoms with Crippen LogP contribution in [0.5, 0.6) is 5.75 Å². The number of amides is 1.